The zero-order chi connectivity index (χ0) is 41.1. The van der Waals surface area contributed by atoms with Crippen LogP contribution in [0.1, 0.15) is 35.8 Å². The Balaban J connectivity index is 0.000000303. The molecule has 12 nitrogen and oxygen atoms in total. The summed E-state index contributed by atoms with van der Waals surface area (Å²) in [6.45, 7) is 7.11. The lowest BCUT2D eigenvalue weighted by atomic mass is 9.94. The molecule has 0 aliphatic heterocycles. The van der Waals surface area contributed by atoms with Gasteiger partial charge in [-0.3, -0.25) is 13.8 Å². The van der Waals surface area contributed by atoms with Gasteiger partial charge in [-0.1, -0.05) is 36.4 Å². The molecule has 0 radical (unpaired) electrons. The number of ether oxygens (including phenoxy) is 4. The number of hydrogen-bond acceptors (Lipinski definition) is 10. The Morgan fingerprint density at radius 1 is 0.696 bits per heavy atom. The lowest BCUT2D eigenvalue weighted by Crippen LogP contribution is -2.21. The van der Waals surface area contributed by atoms with Gasteiger partial charge in [0.05, 0.1) is 38.9 Å². The minimum Gasteiger partial charge on any atom is -0.493 e. The predicted molar refractivity (Wildman–Crippen MR) is 210 cm³/mol. The van der Waals surface area contributed by atoms with Gasteiger partial charge in [-0.15, -0.1) is 13.2 Å². The minimum atomic E-state index is -3.57. The van der Waals surface area contributed by atoms with E-state index in [0.717, 1.165) is 6.26 Å². The van der Waals surface area contributed by atoms with E-state index in [1.807, 2.05) is 0 Å². The van der Waals surface area contributed by atoms with Gasteiger partial charge in [0.15, 0.2) is 23.0 Å². The standard InChI is InChI=1S/C21H24FNO6S.C20H22FNO4/c1-4-6-18(15-7-5-8-16(22)13-15)21(24)23-17-9-10-19(27-2)20(14-17)28-11-12-29-30(3,25)26;1-3-5-17(14-6-4-7-15(21)12-14)20(24)22-16-8-9-18(25-2)19(13-16)26-11-10-23/h4-5,7-10,13-14,18H,1,6,11-12H2,2-3H3,(H,23,24);3-4,6-9,12-13,17,23H,1,5,10-11H2,2H3,(H,22,24). The topological polar surface area (TPSA) is 159 Å². The molecule has 0 aromatic heterocycles. The fraction of sp³-hybridized carbons (Fsp3) is 0.268. The molecule has 3 N–H and O–H groups in total. The molecule has 0 aliphatic carbocycles. The van der Waals surface area contributed by atoms with Crippen LogP contribution in [-0.4, -0.2) is 72.2 Å². The number of rotatable bonds is 20. The lowest BCUT2D eigenvalue weighted by molar-refractivity contribution is -0.118. The van der Waals surface area contributed by atoms with Gasteiger partial charge >= 0.3 is 0 Å². The van der Waals surface area contributed by atoms with Crippen LogP contribution < -0.4 is 29.6 Å². The van der Waals surface area contributed by atoms with E-state index in [4.69, 9.17) is 24.1 Å². The summed E-state index contributed by atoms with van der Waals surface area (Å²) < 4.78 is 75.1. The highest BCUT2D eigenvalue weighted by Gasteiger charge is 2.22. The van der Waals surface area contributed by atoms with Crippen molar-refractivity contribution >= 4 is 33.3 Å². The van der Waals surface area contributed by atoms with Crippen molar-refractivity contribution in [3.63, 3.8) is 0 Å². The number of carbonyl (C=O) groups excluding carboxylic acids is 2. The van der Waals surface area contributed by atoms with Crippen molar-refractivity contribution in [2.45, 2.75) is 24.7 Å². The molecule has 0 aliphatic rings. The second-order valence-corrected chi connectivity index (χ2v) is 13.6. The number of nitrogens with one attached hydrogen (secondary N) is 2. The van der Waals surface area contributed by atoms with Crippen LogP contribution in [0.2, 0.25) is 0 Å². The van der Waals surface area contributed by atoms with Crippen LogP contribution in [-0.2, 0) is 23.9 Å². The highest BCUT2D eigenvalue weighted by atomic mass is 32.2. The van der Waals surface area contributed by atoms with Crippen molar-refractivity contribution in [3.8, 4) is 23.0 Å². The van der Waals surface area contributed by atoms with E-state index in [1.165, 1.54) is 38.5 Å². The summed E-state index contributed by atoms with van der Waals surface area (Å²) in [6.07, 6.45) is 4.87. The first-order chi connectivity index (χ1) is 26.8. The number of aliphatic hydroxyl groups excluding tert-OH is 1. The Morgan fingerprint density at radius 2 is 1.14 bits per heavy atom. The van der Waals surface area contributed by atoms with E-state index in [-0.39, 0.29) is 38.2 Å². The number of methoxy groups -OCH3 is 2. The Labute approximate surface area is 325 Å². The summed E-state index contributed by atoms with van der Waals surface area (Å²) in [5.74, 6) is -1.02. The number of hydrogen-bond donors (Lipinski definition) is 3. The fourth-order valence-corrected chi connectivity index (χ4v) is 5.63. The number of carbonyl (C=O) groups is 2. The highest BCUT2D eigenvalue weighted by molar-refractivity contribution is 7.85. The third-order valence-corrected chi connectivity index (χ3v) is 8.38. The monoisotopic (exact) mass is 796 g/mol. The van der Waals surface area contributed by atoms with Crippen molar-refractivity contribution in [1.29, 1.82) is 0 Å². The zero-order valence-electron chi connectivity index (χ0n) is 31.3. The van der Waals surface area contributed by atoms with Gasteiger partial charge in [-0.05, 0) is 72.5 Å². The molecule has 0 fully saturated rings. The van der Waals surface area contributed by atoms with Gasteiger partial charge in [-0.2, -0.15) is 8.42 Å². The maximum Gasteiger partial charge on any atom is 0.264 e. The third-order valence-electron chi connectivity index (χ3n) is 7.79. The van der Waals surface area contributed by atoms with Crippen molar-refractivity contribution < 1.29 is 55.0 Å². The molecule has 4 rings (SSSR count). The molecular weight excluding hydrogens is 751 g/mol. The van der Waals surface area contributed by atoms with Crippen LogP contribution in [0.4, 0.5) is 20.2 Å². The quantitative estimate of drug-likeness (QED) is 0.0484. The molecule has 56 heavy (non-hydrogen) atoms. The molecule has 300 valence electrons. The van der Waals surface area contributed by atoms with Crippen LogP contribution in [0.25, 0.3) is 0 Å². The highest BCUT2D eigenvalue weighted by Crippen LogP contribution is 2.33. The Morgan fingerprint density at radius 3 is 1.52 bits per heavy atom. The number of aliphatic hydroxyl groups is 1. The molecule has 4 aromatic carbocycles. The number of anilines is 2. The first-order valence-corrected chi connectivity index (χ1v) is 19.0. The van der Waals surface area contributed by atoms with E-state index >= 15 is 0 Å². The maximum absolute atomic E-state index is 13.6. The van der Waals surface area contributed by atoms with Crippen LogP contribution in [0.3, 0.4) is 0 Å². The smallest absolute Gasteiger partial charge is 0.264 e. The van der Waals surface area contributed by atoms with E-state index in [9.17, 15) is 26.8 Å². The number of amides is 2. The van der Waals surface area contributed by atoms with Crippen molar-refractivity contribution in [2.24, 2.45) is 0 Å². The van der Waals surface area contributed by atoms with Gasteiger partial charge in [0, 0.05) is 23.5 Å². The first-order valence-electron chi connectivity index (χ1n) is 17.2. The summed E-state index contributed by atoms with van der Waals surface area (Å²) in [5.41, 5.74) is 2.06. The maximum atomic E-state index is 13.6. The SMILES string of the molecule is C=CCC(C(=O)Nc1ccc(OC)c(OCCO)c1)c1cccc(F)c1.C=CCC(C(=O)Nc1ccc(OC)c(OCCOS(C)(=O)=O)c1)c1cccc(F)c1. The molecule has 2 unspecified atom stereocenters. The van der Waals surface area contributed by atoms with Gasteiger partial charge in [0.2, 0.25) is 11.8 Å². The molecule has 0 spiro atoms. The van der Waals surface area contributed by atoms with Gasteiger partial charge in [-0.25, -0.2) is 8.78 Å². The second-order valence-electron chi connectivity index (χ2n) is 11.9. The number of benzene rings is 4. The van der Waals surface area contributed by atoms with Crippen LogP contribution in [0.5, 0.6) is 23.0 Å². The minimum absolute atomic E-state index is 0.0385. The van der Waals surface area contributed by atoms with Crippen LogP contribution in [0.15, 0.2) is 110 Å². The van der Waals surface area contributed by atoms with E-state index in [0.29, 0.717) is 58.3 Å². The van der Waals surface area contributed by atoms with E-state index in [2.05, 4.69) is 28.0 Å². The Kier molecular flexibility index (Phi) is 18.0. The van der Waals surface area contributed by atoms with Crippen LogP contribution in [0, 0.1) is 11.6 Å². The van der Waals surface area contributed by atoms with E-state index < -0.39 is 33.6 Å². The summed E-state index contributed by atoms with van der Waals surface area (Å²) in [6, 6.07) is 21.6. The number of halogens is 2. The molecular formula is C41H46F2N2O10S. The summed E-state index contributed by atoms with van der Waals surface area (Å²) in [5, 5.41) is 14.5. The predicted octanol–water partition coefficient (Wildman–Crippen LogP) is 6.99. The molecule has 0 saturated heterocycles. The Hall–Kier alpha value is -5.77. The average molecular weight is 797 g/mol. The van der Waals surface area contributed by atoms with Crippen molar-refractivity contribution in [1.82, 2.24) is 0 Å². The third kappa shape index (κ3) is 14.5. The first kappa shape index (κ1) is 44.6. The molecule has 0 saturated carbocycles. The van der Waals surface area contributed by atoms with Crippen molar-refractivity contribution in [2.75, 3.05) is 57.5 Å². The largest absolute Gasteiger partial charge is 0.493 e. The Bertz CT molecular complexity index is 2040. The fourth-order valence-electron chi connectivity index (χ4n) is 5.25. The van der Waals surface area contributed by atoms with E-state index in [1.54, 1.807) is 72.8 Å². The molecule has 15 heteroatoms. The summed E-state index contributed by atoms with van der Waals surface area (Å²) in [7, 11) is -0.607. The molecule has 2 atom stereocenters. The second kappa shape index (κ2) is 22.6. The van der Waals surface area contributed by atoms with Gasteiger partial charge in [0.1, 0.15) is 31.5 Å². The molecule has 2 amide bonds. The normalized spacial score (nSPS) is 11.8. The van der Waals surface area contributed by atoms with Gasteiger partial charge in [0.25, 0.3) is 10.1 Å². The molecule has 4 aromatic rings. The summed E-state index contributed by atoms with van der Waals surface area (Å²) in [4.78, 5) is 25.5. The zero-order valence-corrected chi connectivity index (χ0v) is 32.2. The van der Waals surface area contributed by atoms with Crippen molar-refractivity contribution in [3.05, 3.63) is 133 Å². The lowest BCUT2D eigenvalue weighted by Gasteiger charge is -2.17. The molecule has 0 bridgehead atoms. The van der Waals surface area contributed by atoms with Gasteiger partial charge < -0.3 is 34.7 Å². The number of allylic oxidation sites excluding steroid dienone is 2. The summed E-state index contributed by atoms with van der Waals surface area (Å²) >= 11 is 0. The molecule has 0 heterocycles. The van der Waals surface area contributed by atoms with Crippen LogP contribution >= 0.6 is 0 Å². The average Bonchev–Trinajstić information content (AvgIpc) is 3.16.